The summed E-state index contributed by atoms with van der Waals surface area (Å²) in [7, 11) is 0. The van der Waals surface area contributed by atoms with Gasteiger partial charge in [0, 0.05) is 17.2 Å². The predicted molar refractivity (Wildman–Crippen MR) is 91.6 cm³/mol. The highest BCUT2D eigenvalue weighted by Crippen LogP contribution is 2.29. The molecule has 0 spiro atoms. The number of nitrogens with zero attached hydrogens (tertiary/aromatic N) is 2. The molecule has 0 bridgehead atoms. The Bertz CT molecular complexity index is 913. The summed E-state index contributed by atoms with van der Waals surface area (Å²) in [4.78, 5) is 27.8. The highest BCUT2D eigenvalue weighted by atomic mass is 32.1. The number of carbonyl (C=O) groups excluding carboxylic acids is 2. The molecule has 2 aromatic rings. The summed E-state index contributed by atoms with van der Waals surface area (Å²) >= 11 is 1.15. The number of alkyl halides is 3. The average molecular weight is 394 g/mol. The zero-order valence-corrected chi connectivity index (χ0v) is 14.8. The van der Waals surface area contributed by atoms with Crippen molar-refractivity contribution < 1.29 is 27.5 Å². The Morgan fingerprint density at radius 1 is 1.41 bits per heavy atom. The number of Topliss-reactive ketones (excluding diaryl/α,β-unsaturated/α-hetero) is 1. The number of aryl methyl sites for hydroxylation is 1. The molecule has 0 aliphatic rings. The first-order valence-electron chi connectivity index (χ1n) is 7.57. The van der Waals surface area contributed by atoms with Gasteiger partial charge in [-0.15, -0.1) is 11.3 Å². The number of nitriles is 1. The first kappa shape index (κ1) is 20.3. The highest BCUT2D eigenvalue weighted by Gasteiger charge is 2.30. The van der Waals surface area contributed by atoms with Crippen molar-refractivity contribution in [2.75, 3.05) is 6.61 Å². The van der Waals surface area contributed by atoms with Gasteiger partial charge in [-0.3, -0.25) is 4.79 Å². The number of halogens is 3. The van der Waals surface area contributed by atoms with Crippen LogP contribution in [0.3, 0.4) is 0 Å². The van der Waals surface area contributed by atoms with E-state index in [1.807, 2.05) is 6.07 Å². The van der Waals surface area contributed by atoms with Gasteiger partial charge in [0.05, 0.1) is 11.6 Å². The second kappa shape index (κ2) is 8.60. The van der Waals surface area contributed by atoms with Crippen LogP contribution < -0.4 is 0 Å². The predicted octanol–water partition coefficient (Wildman–Crippen LogP) is 3.90. The van der Waals surface area contributed by atoms with E-state index in [9.17, 15) is 22.8 Å². The number of esters is 1. The number of aromatic nitrogens is 1. The molecule has 0 saturated carbocycles. The number of hydrogen-bond donors (Lipinski definition) is 0. The summed E-state index contributed by atoms with van der Waals surface area (Å²) in [6.45, 7) is 1.08. The zero-order valence-electron chi connectivity index (χ0n) is 14.0. The summed E-state index contributed by atoms with van der Waals surface area (Å²) < 4.78 is 42.7. The third-order valence-electron chi connectivity index (χ3n) is 3.32. The van der Waals surface area contributed by atoms with E-state index in [0.717, 1.165) is 35.6 Å². The number of hydrogen-bond acceptors (Lipinski definition) is 6. The van der Waals surface area contributed by atoms with Crippen LogP contribution in [0.2, 0.25) is 0 Å². The van der Waals surface area contributed by atoms with Gasteiger partial charge in [0.15, 0.2) is 18.3 Å². The topological polar surface area (TPSA) is 80.0 Å². The first-order chi connectivity index (χ1) is 12.7. The molecule has 0 fully saturated rings. The van der Waals surface area contributed by atoms with E-state index < -0.39 is 36.0 Å². The highest BCUT2D eigenvalue weighted by molar-refractivity contribution is 7.09. The van der Waals surface area contributed by atoms with E-state index in [1.54, 1.807) is 12.3 Å². The molecule has 0 radical (unpaired) electrons. The molecule has 1 unspecified atom stereocenters. The van der Waals surface area contributed by atoms with E-state index in [1.165, 1.54) is 12.1 Å². The van der Waals surface area contributed by atoms with Crippen LogP contribution in [0.25, 0.3) is 6.08 Å². The molecule has 0 aliphatic carbocycles. The smallest absolute Gasteiger partial charge is 0.416 e. The van der Waals surface area contributed by atoms with Gasteiger partial charge in [0.25, 0.3) is 0 Å². The Hall–Kier alpha value is -2.99. The van der Waals surface area contributed by atoms with Crippen molar-refractivity contribution >= 4 is 29.2 Å². The monoisotopic (exact) mass is 394 g/mol. The van der Waals surface area contributed by atoms with Gasteiger partial charge >= 0.3 is 12.1 Å². The lowest BCUT2D eigenvalue weighted by Gasteiger charge is -2.07. The molecule has 1 aromatic carbocycles. The summed E-state index contributed by atoms with van der Waals surface area (Å²) in [5, 5.41) is 11.1. The summed E-state index contributed by atoms with van der Waals surface area (Å²) in [6.07, 6.45) is -2.43. The fraction of sp³-hybridized carbons (Fsp3) is 0.222. The third kappa shape index (κ3) is 5.76. The second-order valence-corrected chi connectivity index (χ2v) is 6.31. The van der Waals surface area contributed by atoms with Crippen LogP contribution in [0.4, 0.5) is 13.2 Å². The number of benzene rings is 1. The summed E-state index contributed by atoms with van der Waals surface area (Å²) in [6, 6.07) is 6.21. The van der Waals surface area contributed by atoms with E-state index in [-0.39, 0.29) is 5.56 Å². The average Bonchev–Trinajstić information content (AvgIpc) is 3.04. The van der Waals surface area contributed by atoms with E-state index >= 15 is 0 Å². The molecule has 1 aromatic heterocycles. The number of ketones is 1. The molecular formula is C18H13F3N2O3S. The fourth-order valence-electron chi connectivity index (χ4n) is 2.03. The minimum atomic E-state index is -4.49. The molecule has 5 nitrogen and oxygen atoms in total. The molecule has 27 heavy (non-hydrogen) atoms. The Morgan fingerprint density at radius 3 is 2.74 bits per heavy atom. The minimum Gasteiger partial charge on any atom is -0.454 e. The fourth-order valence-corrected chi connectivity index (χ4v) is 2.89. The minimum absolute atomic E-state index is 0.154. The van der Waals surface area contributed by atoms with Crippen molar-refractivity contribution in [2.45, 2.75) is 19.0 Å². The lowest BCUT2D eigenvalue weighted by atomic mass is 10.1. The number of thiazole rings is 1. The molecule has 9 heteroatoms. The summed E-state index contributed by atoms with van der Waals surface area (Å²) in [5.41, 5.74) is -0.0193. The maximum atomic E-state index is 12.6. The van der Waals surface area contributed by atoms with Crippen LogP contribution >= 0.6 is 11.3 Å². The Labute approximate surface area is 156 Å². The molecule has 0 N–H and O–H groups in total. The van der Waals surface area contributed by atoms with Crippen LogP contribution in [-0.2, 0) is 20.5 Å². The van der Waals surface area contributed by atoms with Gasteiger partial charge in [0.2, 0.25) is 0 Å². The molecule has 1 atom stereocenters. The number of carbonyl (C=O) groups is 2. The number of rotatable bonds is 6. The van der Waals surface area contributed by atoms with E-state index in [4.69, 9.17) is 10.00 Å². The molecule has 0 saturated heterocycles. The SMILES string of the molecule is Cc1csc(C(C#N)C(=O)COC(=O)/C=C/c2cccc(C(F)(F)F)c2)n1. The van der Waals surface area contributed by atoms with Crippen molar-refractivity contribution in [1.82, 2.24) is 4.98 Å². The van der Waals surface area contributed by atoms with Crippen molar-refractivity contribution in [2.24, 2.45) is 0 Å². The van der Waals surface area contributed by atoms with Gasteiger partial charge in [0.1, 0.15) is 5.01 Å². The zero-order chi connectivity index (χ0) is 20.0. The number of ether oxygens (including phenoxy) is 1. The lowest BCUT2D eigenvalue weighted by Crippen LogP contribution is -2.19. The molecule has 140 valence electrons. The van der Waals surface area contributed by atoms with E-state index in [2.05, 4.69) is 4.98 Å². The largest absolute Gasteiger partial charge is 0.454 e. The van der Waals surface area contributed by atoms with Crippen LogP contribution in [0.5, 0.6) is 0 Å². The Kier molecular flexibility index (Phi) is 6.47. The van der Waals surface area contributed by atoms with E-state index in [0.29, 0.717) is 10.7 Å². The van der Waals surface area contributed by atoms with Crippen LogP contribution in [0.1, 0.15) is 27.7 Å². The van der Waals surface area contributed by atoms with Gasteiger partial charge in [-0.25, -0.2) is 9.78 Å². The van der Waals surface area contributed by atoms with Crippen molar-refractivity contribution in [3.8, 4) is 6.07 Å². The standard InChI is InChI=1S/C18H13F3N2O3S/c1-11-10-27-17(23-11)14(8-22)15(24)9-26-16(25)6-5-12-3-2-4-13(7-12)18(19,20)21/h2-7,10,14H,9H2,1H3/b6-5+. The second-order valence-electron chi connectivity index (χ2n) is 5.42. The van der Waals surface area contributed by atoms with Crippen molar-refractivity contribution in [3.63, 3.8) is 0 Å². The van der Waals surface area contributed by atoms with Crippen LogP contribution in [0, 0.1) is 18.3 Å². The van der Waals surface area contributed by atoms with Crippen LogP contribution in [0.15, 0.2) is 35.7 Å². The summed E-state index contributed by atoms with van der Waals surface area (Å²) in [5.74, 6) is -2.68. The quantitative estimate of drug-likeness (QED) is 0.548. The molecule has 1 heterocycles. The molecular weight excluding hydrogens is 381 g/mol. The molecule has 2 rings (SSSR count). The van der Waals surface area contributed by atoms with Gasteiger partial charge < -0.3 is 4.74 Å². The van der Waals surface area contributed by atoms with Gasteiger partial charge in [-0.1, -0.05) is 12.1 Å². The Morgan fingerprint density at radius 2 is 2.15 bits per heavy atom. The Balaban J connectivity index is 1.95. The van der Waals surface area contributed by atoms with Gasteiger partial charge in [-0.2, -0.15) is 18.4 Å². The van der Waals surface area contributed by atoms with Crippen molar-refractivity contribution in [1.29, 1.82) is 5.26 Å². The van der Waals surface area contributed by atoms with Gasteiger partial charge in [-0.05, 0) is 30.7 Å². The lowest BCUT2D eigenvalue weighted by molar-refractivity contribution is -0.143. The maximum Gasteiger partial charge on any atom is 0.416 e. The van der Waals surface area contributed by atoms with Crippen molar-refractivity contribution in [3.05, 3.63) is 57.6 Å². The third-order valence-corrected chi connectivity index (χ3v) is 4.34. The normalized spacial score (nSPS) is 12.6. The molecule has 0 aliphatic heterocycles. The van der Waals surface area contributed by atoms with Crippen LogP contribution in [-0.4, -0.2) is 23.3 Å². The first-order valence-corrected chi connectivity index (χ1v) is 8.45. The molecule has 0 amide bonds. The maximum absolute atomic E-state index is 12.6.